The number of anilines is 6. The zero-order valence-electron chi connectivity index (χ0n) is 30.7. The van der Waals surface area contributed by atoms with Crippen LogP contribution in [0.2, 0.25) is 0 Å². The van der Waals surface area contributed by atoms with Crippen LogP contribution in [0.25, 0.3) is 32.3 Å². The van der Waals surface area contributed by atoms with E-state index in [4.69, 9.17) is 0 Å². The van der Waals surface area contributed by atoms with Crippen molar-refractivity contribution in [3.63, 3.8) is 0 Å². The number of rotatable bonds is 8. The molecule has 0 N–H and O–H groups in total. The highest BCUT2D eigenvalue weighted by Gasteiger charge is 2.23. The first-order valence-electron chi connectivity index (χ1n) is 18.4. The van der Waals surface area contributed by atoms with E-state index in [2.05, 4.69) is 154 Å². The zero-order valence-corrected chi connectivity index (χ0v) is 30.7. The molecule has 0 fully saturated rings. The normalized spacial score (nSPS) is 11.6. The molecule has 0 radical (unpaired) electrons. The van der Waals surface area contributed by atoms with Crippen LogP contribution >= 0.6 is 0 Å². The Morgan fingerprint density at radius 3 is 1.40 bits per heavy atom. The van der Waals surface area contributed by atoms with Gasteiger partial charge in [0.1, 0.15) is 11.6 Å². The van der Waals surface area contributed by atoms with Gasteiger partial charge in [-0.05, 0) is 142 Å². The predicted molar refractivity (Wildman–Crippen MR) is 221 cm³/mol. The van der Waals surface area contributed by atoms with E-state index in [-0.39, 0.29) is 11.6 Å². The lowest BCUT2D eigenvalue weighted by molar-refractivity contribution is 0.628. The van der Waals surface area contributed by atoms with Gasteiger partial charge in [-0.15, -0.1) is 0 Å². The van der Waals surface area contributed by atoms with Gasteiger partial charge in [-0.1, -0.05) is 94.4 Å². The summed E-state index contributed by atoms with van der Waals surface area (Å²) in [5.74, 6) is 0.136. The highest BCUT2D eigenvalue weighted by molar-refractivity contribution is 6.24. The van der Waals surface area contributed by atoms with Gasteiger partial charge in [-0.3, -0.25) is 0 Å². The largest absolute Gasteiger partial charge is 0.310 e. The summed E-state index contributed by atoms with van der Waals surface area (Å²) in [6.07, 6.45) is 0. The summed E-state index contributed by atoms with van der Waals surface area (Å²) in [6.45, 7) is 10.9. The summed E-state index contributed by atoms with van der Waals surface area (Å²) in [5.41, 5.74) is 9.15. The van der Waals surface area contributed by atoms with Gasteiger partial charge in [0.05, 0.1) is 11.4 Å². The summed E-state index contributed by atoms with van der Waals surface area (Å²) in [4.78, 5) is 4.40. The molecule has 8 rings (SSSR count). The van der Waals surface area contributed by atoms with Crippen molar-refractivity contribution in [1.29, 1.82) is 0 Å². The van der Waals surface area contributed by atoms with E-state index < -0.39 is 0 Å². The minimum atomic E-state index is -0.324. The van der Waals surface area contributed by atoms with Gasteiger partial charge in [0.15, 0.2) is 0 Å². The van der Waals surface area contributed by atoms with Gasteiger partial charge in [0, 0.05) is 33.5 Å². The van der Waals surface area contributed by atoms with E-state index in [0.717, 1.165) is 66.3 Å². The second kappa shape index (κ2) is 13.9. The molecule has 0 saturated heterocycles. The third-order valence-electron chi connectivity index (χ3n) is 10.3. The van der Waals surface area contributed by atoms with E-state index in [0.29, 0.717) is 17.5 Å². The van der Waals surface area contributed by atoms with Crippen LogP contribution in [0.4, 0.5) is 42.9 Å². The summed E-state index contributed by atoms with van der Waals surface area (Å²) < 4.78 is 30.5. The molecular formula is C49H42F2N2. The van der Waals surface area contributed by atoms with E-state index in [1.165, 1.54) is 23.3 Å². The van der Waals surface area contributed by atoms with E-state index in [9.17, 15) is 4.39 Å². The first-order valence-corrected chi connectivity index (χ1v) is 18.4. The molecule has 262 valence electrons. The Balaban J connectivity index is 1.45. The first-order chi connectivity index (χ1) is 25.7. The maximum absolute atomic E-state index is 15.5. The molecule has 0 aliphatic heterocycles. The predicted octanol–water partition coefficient (Wildman–Crippen LogP) is 14.9. The average molecular weight is 697 g/mol. The smallest absolute Gasteiger partial charge is 0.125 e. The van der Waals surface area contributed by atoms with Crippen LogP contribution in [-0.2, 0) is 0 Å². The molecule has 0 spiro atoms. The number of hydrogen-bond donors (Lipinski definition) is 0. The number of nitrogens with zero attached hydrogens (tertiary/aromatic N) is 2. The van der Waals surface area contributed by atoms with Gasteiger partial charge < -0.3 is 9.80 Å². The van der Waals surface area contributed by atoms with Crippen LogP contribution in [0.15, 0.2) is 152 Å². The standard InChI is InChI=1S/C49H42F2N2/c1-31(2)34-16-21-38(22-17-34)52(40-12-8-10-33(5)26-40)48-30-47-45-28-37(51)20-25-44(45)49(29-46(47)42-14-6-7-15-43(42)48)53(41-13-9-11-36(50)27-41)39-23-18-35(19-24-39)32(3)4/h6-32H,1-5H3. The molecule has 2 nitrogen and oxygen atoms in total. The summed E-state index contributed by atoms with van der Waals surface area (Å²) >= 11 is 0. The Kier molecular flexibility index (Phi) is 8.91. The second-order valence-electron chi connectivity index (χ2n) is 14.6. The summed E-state index contributed by atoms with van der Waals surface area (Å²) in [5, 5.41) is 5.66. The van der Waals surface area contributed by atoms with E-state index in [1.54, 1.807) is 18.2 Å². The highest BCUT2D eigenvalue weighted by Crippen LogP contribution is 2.48. The van der Waals surface area contributed by atoms with Crippen molar-refractivity contribution < 1.29 is 8.78 Å². The minimum Gasteiger partial charge on any atom is -0.310 e. The maximum atomic E-state index is 15.5. The van der Waals surface area contributed by atoms with Crippen molar-refractivity contribution in [3.8, 4) is 0 Å². The lowest BCUT2D eigenvalue weighted by atomic mass is 9.93. The number of aryl methyl sites for hydroxylation is 1. The fraction of sp³-hybridized carbons (Fsp3) is 0.143. The number of benzene rings is 8. The fourth-order valence-corrected chi connectivity index (χ4v) is 7.56. The van der Waals surface area contributed by atoms with Gasteiger partial charge in [-0.2, -0.15) is 0 Å². The number of halogens is 2. The Morgan fingerprint density at radius 1 is 0.377 bits per heavy atom. The lowest BCUT2D eigenvalue weighted by Crippen LogP contribution is -2.12. The molecule has 8 aromatic rings. The quantitative estimate of drug-likeness (QED) is 0.146. The van der Waals surface area contributed by atoms with Crippen LogP contribution < -0.4 is 9.80 Å². The Morgan fingerprint density at radius 2 is 0.849 bits per heavy atom. The fourth-order valence-electron chi connectivity index (χ4n) is 7.56. The van der Waals surface area contributed by atoms with Crippen molar-refractivity contribution in [2.75, 3.05) is 9.80 Å². The first kappa shape index (κ1) is 34.1. The second-order valence-corrected chi connectivity index (χ2v) is 14.6. The Bertz CT molecular complexity index is 2610. The molecule has 0 unspecified atom stereocenters. The molecular weight excluding hydrogens is 655 g/mol. The average Bonchev–Trinajstić information content (AvgIpc) is 3.16. The van der Waals surface area contributed by atoms with Crippen LogP contribution in [0.3, 0.4) is 0 Å². The highest BCUT2D eigenvalue weighted by atomic mass is 19.1. The molecule has 4 heteroatoms. The lowest BCUT2D eigenvalue weighted by Gasteiger charge is -2.30. The minimum absolute atomic E-state index is 0.316. The summed E-state index contributed by atoms with van der Waals surface area (Å²) in [7, 11) is 0. The Labute approximate surface area is 310 Å². The number of hydrogen-bond acceptors (Lipinski definition) is 2. The molecule has 0 aromatic heterocycles. The molecule has 0 bridgehead atoms. The maximum Gasteiger partial charge on any atom is 0.125 e. The molecule has 0 amide bonds. The molecule has 53 heavy (non-hydrogen) atoms. The molecule has 0 aliphatic carbocycles. The third-order valence-corrected chi connectivity index (χ3v) is 10.3. The number of fused-ring (bicyclic) bond motifs is 5. The zero-order chi connectivity index (χ0) is 36.8. The van der Waals surface area contributed by atoms with Crippen molar-refractivity contribution >= 4 is 66.4 Å². The topological polar surface area (TPSA) is 6.48 Å². The molecule has 0 saturated carbocycles. The van der Waals surface area contributed by atoms with Gasteiger partial charge in [0.25, 0.3) is 0 Å². The molecule has 8 aromatic carbocycles. The van der Waals surface area contributed by atoms with E-state index in [1.807, 2.05) is 12.1 Å². The van der Waals surface area contributed by atoms with Crippen molar-refractivity contribution in [1.82, 2.24) is 0 Å². The van der Waals surface area contributed by atoms with Crippen LogP contribution in [0, 0.1) is 18.6 Å². The van der Waals surface area contributed by atoms with Crippen LogP contribution in [0.5, 0.6) is 0 Å². The molecule has 0 aliphatic rings. The van der Waals surface area contributed by atoms with E-state index >= 15 is 4.39 Å². The monoisotopic (exact) mass is 696 g/mol. The van der Waals surface area contributed by atoms with Crippen molar-refractivity contribution in [3.05, 3.63) is 180 Å². The summed E-state index contributed by atoms with van der Waals surface area (Å²) in [6, 6.07) is 50.3. The Hall–Kier alpha value is -6.00. The molecule has 0 heterocycles. The van der Waals surface area contributed by atoms with Gasteiger partial charge >= 0.3 is 0 Å². The third kappa shape index (κ3) is 6.40. The van der Waals surface area contributed by atoms with Crippen LogP contribution in [0.1, 0.15) is 56.2 Å². The van der Waals surface area contributed by atoms with Crippen LogP contribution in [-0.4, -0.2) is 0 Å². The molecule has 0 atom stereocenters. The van der Waals surface area contributed by atoms with Crippen molar-refractivity contribution in [2.45, 2.75) is 46.5 Å². The van der Waals surface area contributed by atoms with Gasteiger partial charge in [0.2, 0.25) is 0 Å². The van der Waals surface area contributed by atoms with Gasteiger partial charge in [-0.25, -0.2) is 8.78 Å². The SMILES string of the molecule is Cc1cccc(N(c2ccc(C(C)C)cc2)c2cc3c4cc(F)ccc4c(N(c4ccc(C(C)C)cc4)c4cccc(F)c4)cc3c3ccccc23)c1. The van der Waals surface area contributed by atoms with Crippen molar-refractivity contribution in [2.24, 2.45) is 0 Å².